The monoisotopic (exact) mass is 388 g/mol. The summed E-state index contributed by atoms with van der Waals surface area (Å²) in [6.07, 6.45) is 0. The van der Waals surface area contributed by atoms with Gasteiger partial charge in [0.2, 0.25) is 11.7 Å². The van der Waals surface area contributed by atoms with Gasteiger partial charge in [-0.2, -0.15) is 0 Å². The molecule has 2 aromatic rings. The number of benzene rings is 2. The fourth-order valence-corrected chi connectivity index (χ4v) is 2.55. The van der Waals surface area contributed by atoms with Crippen molar-refractivity contribution in [3.05, 3.63) is 70.8 Å². The second-order valence-corrected chi connectivity index (χ2v) is 5.96. The highest BCUT2D eigenvalue weighted by Crippen LogP contribution is 2.13. The molecule has 0 spiro atoms. The zero-order valence-electron chi connectivity index (χ0n) is 14.4. The van der Waals surface area contributed by atoms with Gasteiger partial charge in [-0.25, -0.2) is 18.4 Å². The first-order valence-corrected chi connectivity index (χ1v) is 8.17. The summed E-state index contributed by atoms with van der Waals surface area (Å²) in [4.78, 5) is 48.0. The zero-order chi connectivity index (χ0) is 20.3. The Morgan fingerprint density at radius 2 is 1.79 bits per heavy atom. The number of esters is 1. The summed E-state index contributed by atoms with van der Waals surface area (Å²) in [5.74, 6) is -3.74. The lowest BCUT2D eigenvalue weighted by Gasteiger charge is -2.12. The van der Waals surface area contributed by atoms with Gasteiger partial charge in [0.05, 0.1) is 24.2 Å². The molecule has 1 aliphatic rings. The molecule has 144 valence electrons. The van der Waals surface area contributed by atoms with E-state index in [0.29, 0.717) is 5.56 Å². The third-order valence-corrected chi connectivity index (χ3v) is 4.03. The smallest absolute Gasteiger partial charge is 0.338 e. The van der Waals surface area contributed by atoms with Gasteiger partial charge in [0, 0.05) is 0 Å². The average molecular weight is 388 g/mol. The molecule has 0 radical (unpaired) electrons. The van der Waals surface area contributed by atoms with Crippen molar-refractivity contribution >= 4 is 23.7 Å². The molecule has 0 saturated carbocycles. The molecular weight excluding hydrogens is 374 g/mol. The first kappa shape index (κ1) is 19.2. The molecule has 3 amide bonds. The number of urea groups is 1. The van der Waals surface area contributed by atoms with Crippen LogP contribution in [0.4, 0.5) is 13.6 Å². The van der Waals surface area contributed by atoms with Crippen molar-refractivity contribution in [2.75, 3.05) is 13.2 Å². The van der Waals surface area contributed by atoms with E-state index >= 15 is 0 Å². The van der Waals surface area contributed by atoms with Gasteiger partial charge in [0.1, 0.15) is 11.6 Å². The van der Waals surface area contributed by atoms with E-state index in [0.717, 1.165) is 23.1 Å². The molecular formula is C19H14F2N2O5. The molecule has 9 heteroatoms. The van der Waals surface area contributed by atoms with Crippen LogP contribution in [0.2, 0.25) is 0 Å². The number of hydrogen-bond donors (Lipinski definition) is 1. The third kappa shape index (κ3) is 4.20. The molecule has 2 aromatic carbocycles. The van der Waals surface area contributed by atoms with Gasteiger partial charge in [-0.15, -0.1) is 0 Å². The van der Waals surface area contributed by atoms with Gasteiger partial charge >= 0.3 is 12.0 Å². The minimum absolute atomic E-state index is 0.0524. The summed E-state index contributed by atoms with van der Waals surface area (Å²) in [6, 6.07) is 7.81. The van der Waals surface area contributed by atoms with E-state index in [1.165, 1.54) is 24.3 Å². The SMILES string of the molecule is O=C(OCC(=O)c1cc(F)ccc1F)c1ccc(CN2C(=O)CNC2=O)cc1. The van der Waals surface area contributed by atoms with Crippen LogP contribution in [0.15, 0.2) is 42.5 Å². The number of carbonyl (C=O) groups excluding carboxylic acids is 4. The zero-order valence-corrected chi connectivity index (χ0v) is 14.4. The Labute approximate surface area is 157 Å². The summed E-state index contributed by atoms with van der Waals surface area (Å²) in [6.45, 7) is -0.746. The number of ketones is 1. The van der Waals surface area contributed by atoms with Crippen molar-refractivity contribution in [2.24, 2.45) is 0 Å². The number of carbonyl (C=O) groups is 4. The van der Waals surface area contributed by atoms with Gasteiger partial charge in [-0.05, 0) is 35.9 Å². The van der Waals surface area contributed by atoms with Crippen LogP contribution in [0.1, 0.15) is 26.3 Å². The van der Waals surface area contributed by atoms with Gasteiger partial charge in [0.15, 0.2) is 6.61 Å². The number of Topliss-reactive ketones (excluding diaryl/α,β-unsaturated/α-hetero) is 1. The molecule has 7 nitrogen and oxygen atoms in total. The summed E-state index contributed by atoms with van der Waals surface area (Å²) >= 11 is 0. The number of nitrogens with zero attached hydrogens (tertiary/aromatic N) is 1. The quantitative estimate of drug-likeness (QED) is 0.465. The van der Waals surface area contributed by atoms with Crippen molar-refractivity contribution in [1.29, 1.82) is 0 Å². The minimum Gasteiger partial charge on any atom is -0.454 e. The molecule has 0 unspecified atom stereocenters. The van der Waals surface area contributed by atoms with Crippen molar-refractivity contribution in [3.8, 4) is 0 Å². The van der Waals surface area contributed by atoms with Gasteiger partial charge in [-0.1, -0.05) is 12.1 Å². The van der Waals surface area contributed by atoms with Crippen LogP contribution in [-0.2, 0) is 16.1 Å². The molecule has 1 N–H and O–H groups in total. The van der Waals surface area contributed by atoms with Crippen LogP contribution in [0.5, 0.6) is 0 Å². The highest BCUT2D eigenvalue weighted by molar-refractivity contribution is 6.02. The van der Waals surface area contributed by atoms with Crippen molar-refractivity contribution in [2.45, 2.75) is 6.54 Å². The molecule has 1 fully saturated rings. The molecule has 3 rings (SSSR count). The van der Waals surface area contributed by atoms with E-state index in [4.69, 9.17) is 4.74 Å². The van der Waals surface area contributed by atoms with E-state index in [9.17, 15) is 28.0 Å². The second kappa shape index (κ2) is 7.95. The van der Waals surface area contributed by atoms with Crippen LogP contribution in [0, 0.1) is 11.6 Å². The summed E-state index contributed by atoms with van der Waals surface area (Å²) < 4.78 is 31.5. The lowest BCUT2D eigenvalue weighted by molar-refractivity contribution is -0.125. The molecule has 28 heavy (non-hydrogen) atoms. The van der Waals surface area contributed by atoms with E-state index in [-0.39, 0.29) is 24.6 Å². The lowest BCUT2D eigenvalue weighted by atomic mass is 10.1. The number of rotatable bonds is 6. The van der Waals surface area contributed by atoms with Crippen molar-refractivity contribution in [1.82, 2.24) is 10.2 Å². The maximum Gasteiger partial charge on any atom is 0.338 e. The number of halogens is 2. The third-order valence-electron chi connectivity index (χ3n) is 4.03. The van der Waals surface area contributed by atoms with Crippen LogP contribution >= 0.6 is 0 Å². The second-order valence-electron chi connectivity index (χ2n) is 5.96. The number of imide groups is 1. The fraction of sp³-hybridized carbons (Fsp3) is 0.158. The lowest BCUT2D eigenvalue weighted by Crippen LogP contribution is -2.30. The maximum atomic E-state index is 13.5. The molecule has 0 aliphatic carbocycles. The average Bonchev–Trinajstić information content (AvgIpc) is 3.00. The fourth-order valence-electron chi connectivity index (χ4n) is 2.55. The summed E-state index contributed by atoms with van der Waals surface area (Å²) in [7, 11) is 0. The normalized spacial score (nSPS) is 13.4. The van der Waals surface area contributed by atoms with E-state index < -0.39 is 41.6 Å². The number of hydrogen-bond acceptors (Lipinski definition) is 5. The van der Waals surface area contributed by atoms with Gasteiger partial charge in [-0.3, -0.25) is 14.5 Å². The molecule has 0 atom stereocenters. The highest BCUT2D eigenvalue weighted by Gasteiger charge is 2.28. The first-order chi connectivity index (χ1) is 13.3. The number of ether oxygens (including phenoxy) is 1. The Kier molecular flexibility index (Phi) is 5.44. The van der Waals surface area contributed by atoms with E-state index in [1.807, 2.05) is 0 Å². The Bertz CT molecular complexity index is 943. The van der Waals surface area contributed by atoms with Crippen LogP contribution in [0.25, 0.3) is 0 Å². The van der Waals surface area contributed by atoms with Crippen molar-refractivity contribution < 1.29 is 32.7 Å². The molecule has 1 saturated heterocycles. The topological polar surface area (TPSA) is 92.8 Å². The van der Waals surface area contributed by atoms with Gasteiger partial charge < -0.3 is 10.1 Å². The van der Waals surface area contributed by atoms with Crippen LogP contribution < -0.4 is 5.32 Å². The van der Waals surface area contributed by atoms with Crippen LogP contribution in [0.3, 0.4) is 0 Å². The Balaban J connectivity index is 1.59. The predicted octanol–water partition coefficient (Wildman–Crippen LogP) is 2.06. The predicted molar refractivity (Wildman–Crippen MR) is 91.4 cm³/mol. The molecule has 1 aliphatic heterocycles. The van der Waals surface area contributed by atoms with Crippen LogP contribution in [-0.4, -0.2) is 41.7 Å². The summed E-state index contributed by atoms with van der Waals surface area (Å²) in [5.41, 5.74) is 0.227. The largest absolute Gasteiger partial charge is 0.454 e. The Morgan fingerprint density at radius 1 is 1.07 bits per heavy atom. The van der Waals surface area contributed by atoms with Gasteiger partial charge in [0.25, 0.3) is 0 Å². The Hall–Kier alpha value is -3.62. The number of nitrogens with one attached hydrogen (secondary N) is 1. The van der Waals surface area contributed by atoms with Crippen molar-refractivity contribution in [3.63, 3.8) is 0 Å². The number of amides is 3. The molecule has 0 bridgehead atoms. The maximum absolute atomic E-state index is 13.5. The first-order valence-electron chi connectivity index (χ1n) is 8.17. The Morgan fingerprint density at radius 3 is 2.43 bits per heavy atom. The molecule has 0 aromatic heterocycles. The van der Waals surface area contributed by atoms with E-state index in [2.05, 4.69) is 5.32 Å². The standard InChI is InChI=1S/C19H14F2N2O5/c20-13-5-6-15(21)14(7-13)16(24)10-28-18(26)12-3-1-11(2-4-12)9-23-17(25)8-22-19(23)27/h1-7H,8-10H2,(H,22,27). The molecule has 1 heterocycles. The van der Waals surface area contributed by atoms with E-state index in [1.54, 1.807) is 0 Å². The summed E-state index contributed by atoms with van der Waals surface area (Å²) in [5, 5.41) is 2.40. The minimum atomic E-state index is -0.910. The highest BCUT2D eigenvalue weighted by atomic mass is 19.1.